The zero-order valence-corrected chi connectivity index (χ0v) is 6.82. The summed E-state index contributed by atoms with van der Waals surface area (Å²) in [5, 5.41) is 10.8. The molecule has 1 heterocycles. The molecule has 54 valence electrons. The minimum atomic E-state index is 0.854. The van der Waals surface area contributed by atoms with Gasteiger partial charge in [0.25, 0.3) is 0 Å². The molecule has 0 saturated heterocycles. The number of fused-ring (bicyclic) bond motifs is 1. The van der Waals surface area contributed by atoms with Crippen LogP contribution in [0.5, 0.6) is 0 Å². The molecule has 0 spiro atoms. The van der Waals surface area contributed by atoms with Gasteiger partial charge in [0.15, 0.2) is 0 Å². The third-order valence-corrected chi connectivity index (χ3v) is 2.86. The molecule has 0 N–H and O–H groups in total. The molecule has 0 bridgehead atoms. The lowest BCUT2D eigenvalue weighted by atomic mass is 9.99. The maximum absolute atomic E-state index is 8.74. The molecule has 0 aromatic carbocycles. The van der Waals surface area contributed by atoms with Crippen molar-refractivity contribution in [1.29, 1.82) is 5.26 Å². The first-order valence-electron chi connectivity index (χ1n) is 3.59. The first-order chi connectivity index (χ1) is 5.42. The second kappa shape index (κ2) is 2.52. The third kappa shape index (κ3) is 0.979. The topological polar surface area (TPSA) is 23.8 Å². The molecule has 0 unspecified atom stereocenters. The minimum absolute atomic E-state index is 0.854. The van der Waals surface area contributed by atoms with Crippen LogP contribution >= 0.6 is 11.3 Å². The van der Waals surface area contributed by atoms with Gasteiger partial charge in [0, 0.05) is 10.4 Å². The monoisotopic (exact) mass is 161 g/mol. The predicted molar refractivity (Wildman–Crippen MR) is 46.2 cm³/mol. The summed E-state index contributed by atoms with van der Waals surface area (Å²) in [5.74, 6) is 0. The van der Waals surface area contributed by atoms with E-state index in [9.17, 15) is 0 Å². The van der Waals surface area contributed by atoms with Crippen LogP contribution in [-0.4, -0.2) is 0 Å². The van der Waals surface area contributed by atoms with E-state index in [-0.39, 0.29) is 0 Å². The average molecular weight is 161 g/mol. The van der Waals surface area contributed by atoms with Gasteiger partial charge in [-0.05, 0) is 24.3 Å². The lowest BCUT2D eigenvalue weighted by molar-refractivity contribution is 1.01. The Morgan fingerprint density at radius 1 is 1.55 bits per heavy atom. The fourth-order valence-corrected chi connectivity index (χ4v) is 2.25. The van der Waals surface area contributed by atoms with Crippen molar-refractivity contribution in [2.45, 2.75) is 12.8 Å². The first kappa shape index (κ1) is 6.63. The number of aryl methyl sites for hydroxylation is 1. The zero-order chi connectivity index (χ0) is 7.68. The molecule has 0 radical (unpaired) electrons. The third-order valence-electron chi connectivity index (χ3n) is 1.88. The van der Waals surface area contributed by atoms with Crippen molar-refractivity contribution in [2.75, 3.05) is 0 Å². The largest absolute Gasteiger partial charge is 0.192 e. The number of hydrogen-bond donors (Lipinski definition) is 0. The fourth-order valence-electron chi connectivity index (χ4n) is 1.34. The quantitative estimate of drug-likeness (QED) is 0.573. The normalized spacial score (nSPS) is 15.0. The van der Waals surface area contributed by atoms with E-state index in [1.807, 2.05) is 12.1 Å². The van der Waals surface area contributed by atoms with Crippen molar-refractivity contribution in [3.05, 3.63) is 28.0 Å². The maximum atomic E-state index is 8.74. The van der Waals surface area contributed by atoms with Gasteiger partial charge in [-0.25, -0.2) is 0 Å². The minimum Gasteiger partial charge on any atom is -0.192 e. The molecule has 0 fully saturated rings. The van der Waals surface area contributed by atoms with Crippen LogP contribution in [0.15, 0.2) is 17.5 Å². The molecular formula is C9H7NS. The molecule has 1 aromatic rings. The Balaban J connectivity index is 2.55. The summed E-state index contributed by atoms with van der Waals surface area (Å²) < 4.78 is 0. The lowest BCUT2D eigenvalue weighted by Crippen LogP contribution is -1.92. The van der Waals surface area contributed by atoms with E-state index in [4.69, 9.17) is 5.26 Å². The molecule has 1 aromatic heterocycles. The van der Waals surface area contributed by atoms with Crippen LogP contribution in [0.3, 0.4) is 0 Å². The number of rotatable bonds is 0. The average Bonchev–Trinajstić information content (AvgIpc) is 2.50. The van der Waals surface area contributed by atoms with Crippen molar-refractivity contribution >= 4 is 16.9 Å². The molecule has 2 rings (SSSR count). The Morgan fingerprint density at radius 3 is 3.27 bits per heavy atom. The van der Waals surface area contributed by atoms with Crippen LogP contribution < -0.4 is 0 Å². The Morgan fingerprint density at radius 2 is 2.45 bits per heavy atom. The summed E-state index contributed by atoms with van der Waals surface area (Å²) in [6.07, 6.45) is 4.16. The maximum Gasteiger partial charge on any atom is 0.0994 e. The molecule has 1 aliphatic rings. The summed E-state index contributed by atoms with van der Waals surface area (Å²) in [4.78, 5) is 1.36. The highest BCUT2D eigenvalue weighted by molar-refractivity contribution is 7.10. The van der Waals surface area contributed by atoms with Gasteiger partial charge in [-0.15, -0.1) is 11.3 Å². The summed E-state index contributed by atoms with van der Waals surface area (Å²) in [7, 11) is 0. The zero-order valence-electron chi connectivity index (χ0n) is 6.00. The van der Waals surface area contributed by atoms with Gasteiger partial charge in [0.2, 0.25) is 0 Å². The molecule has 0 amide bonds. The Labute approximate surface area is 69.6 Å². The van der Waals surface area contributed by atoms with Gasteiger partial charge in [-0.2, -0.15) is 5.26 Å². The summed E-state index contributed by atoms with van der Waals surface area (Å²) >= 11 is 1.75. The molecule has 0 aliphatic heterocycles. The standard InChI is InChI=1S/C9H7NS/c10-6-7-2-1-3-9-8(7)4-5-11-9/h2,4-5H,1,3H2. The van der Waals surface area contributed by atoms with E-state index in [1.54, 1.807) is 11.3 Å². The second-order valence-electron chi connectivity index (χ2n) is 2.53. The number of nitrogens with zero attached hydrogens (tertiary/aromatic N) is 1. The molecular weight excluding hydrogens is 154 g/mol. The van der Waals surface area contributed by atoms with Gasteiger partial charge in [0.05, 0.1) is 11.6 Å². The van der Waals surface area contributed by atoms with Crippen molar-refractivity contribution in [3.8, 4) is 6.07 Å². The van der Waals surface area contributed by atoms with Gasteiger partial charge < -0.3 is 0 Å². The van der Waals surface area contributed by atoms with E-state index in [0.29, 0.717) is 0 Å². The Bertz CT molecular complexity index is 341. The summed E-state index contributed by atoms with van der Waals surface area (Å²) in [5.41, 5.74) is 2.01. The van der Waals surface area contributed by atoms with Crippen molar-refractivity contribution < 1.29 is 0 Å². The van der Waals surface area contributed by atoms with Gasteiger partial charge in [0.1, 0.15) is 0 Å². The highest BCUT2D eigenvalue weighted by Crippen LogP contribution is 2.29. The molecule has 2 heteroatoms. The van der Waals surface area contributed by atoms with E-state index >= 15 is 0 Å². The van der Waals surface area contributed by atoms with Gasteiger partial charge in [-0.1, -0.05) is 6.08 Å². The van der Waals surface area contributed by atoms with Crippen molar-refractivity contribution in [2.24, 2.45) is 0 Å². The molecule has 11 heavy (non-hydrogen) atoms. The van der Waals surface area contributed by atoms with Crippen LogP contribution in [0.2, 0.25) is 0 Å². The first-order valence-corrected chi connectivity index (χ1v) is 4.47. The van der Waals surface area contributed by atoms with E-state index in [2.05, 4.69) is 11.4 Å². The second-order valence-corrected chi connectivity index (χ2v) is 3.53. The van der Waals surface area contributed by atoms with Crippen molar-refractivity contribution in [1.82, 2.24) is 0 Å². The Hall–Kier alpha value is -1.07. The van der Waals surface area contributed by atoms with Crippen LogP contribution in [0.4, 0.5) is 0 Å². The van der Waals surface area contributed by atoms with Gasteiger partial charge in [-0.3, -0.25) is 0 Å². The highest BCUT2D eigenvalue weighted by Gasteiger charge is 2.12. The number of allylic oxidation sites excluding steroid dienone is 2. The van der Waals surface area contributed by atoms with E-state index in [1.165, 1.54) is 4.88 Å². The van der Waals surface area contributed by atoms with Crippen LogP contribution in [0.1, 0.15) is 16.9 Å². The van der Waals surface area contributed by atoms with Crippen LogP contribution in [0, 0.1) is 11.3 Å². The summed E-state index contributed by atoms with van der Waals surface area (Å²) in [6.45, 7) is 0. The molecule has 0 atom stereocenters. The Kier molecular flexibility index (Phi) is 1.52. The van der Waals surface area contributed by atoms with Crippen molar-refractivity contribution in [3.63, 3.8) is 0 Å². The lowest BCUT2D eigenvalue weighted by Gasteiger charge is -2.06. The number of nitriles is 1. The van der Waals surface area contributed by atoms with Crippen LogP contribution in [0.25, 0.3) is 5.57 Å². The molecule has 1 nitrogen and oxygen atoms in total. The SMILES string of the molecule is N#CC1=CCCc2sccc21. The number of thiophene rings is 1. The number of hydrogen-bond acceptors (Lipinski definition) is 2. The smallest absolute Gasteiger partial charge is 0.0994 e. The molecule has 0 saturated carbocycles. The van der Waals surface area contributed by atoms with E-state index < -0.39 is 0 Å². The van der Waals surface area contributed by atoms with Crippen LogP contribution in [-0.2, 0) is 6.42 Å². The highest BCUT2D eigenvalue weighted by atomic mass is 32.1. The molecule has 1 aliphatic carbocycles. The predicted octanol–water partition coefficient (Wildman–Crippen LogP) is 2.60. The fraction of sp³-hybridized carbons (Fsp3) is 0.222. The van der Waals surface area contributed by atoms with Gasteiger partial charge >= 0.3 is 0 Å². The van der Waals surface area contributed by atoms with E-state index in [0.717, 1.165) is 24.0 Å². The summed E-state index contributed by atoms with van der Waals surface area (Å²) in [6, 6.07) is 4.25.